The molecule has 2 N–H and O–H groups in total. The van der Waals surface area contributed by atoms with Gasteiger partial charge in [-0.05, 0) is 51.6 Å². The number of benzene rings is 1. The van der Waals surface area contributed by atoms with E-state index in [0.717, 1.165) is 13.1 Å². The molecule has 0 bridgehead atoms. The van der Waals surface area contributed by atoms with E-state index >= 15 is 0 Å². The standard InChI is InChI=1S/C15H24BrN3/c1-11-7-12(5-6-14(11)16)19-9-13(8-17)18(4)15(2,3)10-19/h5-7,13H,8-10,17H2,1-4H3. The van der Waals surface area contributed by atoms with Crippen molar-refractivity contribution in [2.45, 2.75) is 32.4 Å². The van der Waals surface area contributed by atoms with Crippen LogP contribution in [0.5, 0.6) is 0 Å². The van der Waals surface area contributed by atoms with Crippen molar-refractivity contribution < 1.29 is 0 Å². The van der Waals surface area contributed by atoms with Crippen LogP contribution in [0.4, 0.5) is 5.69 Å². The normalized spacial score (nSPS) is 23.7. The smallest absolute Gasteiger partial charge is 0.0396 e. The van der Waals surface area contributed by atoms with Gasteiger partial charge in [0, 0.05) is 41.4 Å². The Hall–Kier alpha value is -0.580. The summed E-state index contributed by atoms with van der Waals surface area (Å²) in [4.78, 5) is 4.87. The molecule has 0 spiro atoms. The zero-order chi connectivity index (χ0) is 14.2. The van der Waals surface area contributed by atoms with E-state index in [2.05, 4.69) is 71.7 Å². The number of likely N-dealkylation sites (N-methyl/N-ethyl adjacent to an activating group) is 1. The molecule has 0 aliphatic carbocycles. The van der Waals surface area contributed by atoms with Crippen LogP contribution in [0, 0.1) is 6.92 Å². The molecule has 1 aromatic rings. The van der Waals surface area contributed by atoms with E-state index < -0.39 is 0 Å². The van der Waals surface area contributed by atoms with Crippen molar-refractivity contribution in [1.29, 1.82) is 0 Å². The minimum atomic E-state index is 0.142. The van der Waals surface area contributed by atoms with Gasteiger partial charge in [-0.3, -0.25) is 4.90 Å². The Labute approximate surface area is 124 Å². The fourth-order valence-electron chi connectivity index (χ4n) is 2.77. The highest BCUT2D eigenvalue weighted by Gasteiger charge is 2.36. The number of rotatable bonds is 2. The van der Waals surface area contributed by atoms with Gasteiger partial charge in [-0.25, -0.2) is 0 Å². The Kier molecular flexibility index (Phi) is 4.23. The summed E-state index contributed by atoms with van der Waals surface area (Å²) in [7, 11) is 2.18. The Morgan fingerprint density at radius 1 is 1.42 bits per heavy atom. The summed E-state index contributed by atoms with van der Waals surface area (Å²) in [5, 5.41) is 0. The molecule has 1 saturated heterocycles. The number of hydrogen-bond acceptors (Lipinski definition) is 3. The van der Waals surface area contributed by atoms with E-state index in [1.54, 1.807) is 0 Å². The number of nitrogens with zero attached hydrogens (tertiary/aromatic N) is 2. The van der Waals surface area contributed by atoms with Crippen molar-refractivity contribution in [1.82, 2.24) is 4.90 Å². The van der Waals surface area contributed by atoms with Crippen LogP contribution in [-0.4, -0.2) is 43.2 Å². The number of anilines is 1. The van der Waals surface area contributed by atoms with Crippen LogP contribution in [0.25, 0.3) is 0 Å². The summed E-state index contributed by atoms with van der Waals surface area (Å²) in [6.07, 6.45) is 0. The maximum absolute atomic E-state index is 5.93. The van der Waals surface area contributed by atoms with Crippen LogP contribution in [0.15, 0.2) is 22.7 Å². The van der Waals surface area contributed by atoms with Gasteiger partial charge in [0.05, 0.1) is 0 Å². The monoisotopic (exact) mass is 325 g/mol. The fraction of sp³-hybridized carbons (Fsp3) is 0.600. The lowest BCUT2D eigenvalue weighted by Crippen LogP contribution is -2.64. The molecule has 1 heterocycles. The number of hydrogen-bond donors (Lipinski definition) is 1. The predicted molar refractivity (Wildman–Crippen MR) is 85.8 cm³/mol. The third-order valence-electron chi connectivity index (χ3n) is 4.29. The second-order valence-corrected chi connectivity index (χ2v) is 6.98. The van der Waals surface area contributed by atoms with Gasteiger partial charge in [0.2, 0.25) is 0 Å². The van der Waals surface area contributed by atoms with Crippen molar-refractivity contribution in [3.8, 4) is 0 Å². The third kappa shape index (κ3) is 2.96. The molecule has 4 heteroatoms. The van der Waals surface area contributed by atoms with Gasteiger partial charge < -0.3 is 10.6 Å². The fourth-order valence-corrected chi connectivity index (χ4v) is 3.02. The number of halogens is 1. The highest BCUT2D eigenvalue weighted by Crippen LogP contribution is 2.29. The van der Waals surface area contributed by atoms with E-state index in [4.69, 9.17) is 5.73 Å². The molecule has 3 nitrogen and oxygen atoms in total. The summed E-state index contributed by atoms with van der Waals surface area (Å²) in [6.45, 7) is 9.43. The van der Waals surface area contributed by atoms with Gasteiger partial charge in [-0.15, -0.1) is 0 Å². The van der Waals surface area contributed by atoms with Gasteiger partial charge in [-0.1, -0.05) is 15.9 Å². The molecule has 1 aliphatic heterocycles. The molecule has 1 aromatic carbocycles. The molecular formula is C15H24BrN3. The van der Waals surface area contributed by atoms with E-state index in [9.17, 15) is 0 Å². The van der Waals surface area contributed by atoms with Crippen LogP contribution in [0.1, 0.15) is 19.4 Å². The SMILES string of the molecule is Cc1cc(N2CC(CN)N(C)C(C)(C)C2)ccc1Br. The van der Waals surface area contributed by atoms with Crippen LogP contribution in [0.2, 0.25) is 0 Å². The molecule has 0 aromatic heterocycles. The second kappa shape index (κ2) is 5.43. The van der Waals surface area contributed by atoms with Crippen molar-refractivity contribution >= 4 is 21.6 Å². The quantitative estimate of drug-likeness (QED) is 0.907. The topological polar surface area (TPSA) is 32.5 Å². The van der Waals surface area contributed by atoms with Crippen LogP contribution in [-0.2, 0) is 0 Å². The first-order valence-electron chi connectivity index (χ1n) is 6.79. The van der Waals surface area contributed by atoms with Gasteiger partial charge in [0.25, 0.3) is 0 Å². The van der Waals surface area contributed by atoms with Gasteiger partial charge in [-0.2, -0.15) is 0 Å². The lowest BCUT2D eigenvalue weighted by Gasteiger charge is -2.50. The minimum absolute atomic E-state index is 0.142. The van der Waals surface area contributed by atoms with Crippen LogP contribution in [0.3, 0.4) is 0 Å². The predicted octanol–water partition coefficient (Wildman–Crippen LogP) is 2.62. The Bertz CT molecular complexity index is 459. The molecule has 1 aliphatic rings. The number of aryl methyl sites for hydroxylation is 1. The van der Waals surface area contributed by atoms with Crippen molar-refractivity contribution in [2.75, 3.05) is 31.6 Å². The lowest BCUT2D eigenvalue weighted by molar-refractivity contribution is 0.0845. The van der Waals surface area contributed by atoms with Crippen molar-refractivity contribution in [2.24, 2.45) is 5.73 Å². The largest absolute Gasteiger partial charge is 0.368 e. The molecule has 106 valence electrons. The Balaban J connectivity index is 2.27. The number of nitrogens with two attached hydrogens (primary N) is 1. The third-order valence-corrected chi connectivity index (χ3v) is 5.18. The molecule has 0 saturated carbocycles. The summed E-state index contributed by atoms with van der Waals surface area (Å²) in [5.41, 5.74) is 8.64. The van der Waals surface area contributed by atoms with Crippen molar-refractivity contribution in [3.05, 3.63) is 28.2 Å². The average molecular weight is 326 g/mol. The summed E-state index contributed by atoms with van der Waals surface area (Å²) in [6, 6.07) is 6.98. The van der Waals surface area contributed by atoms with Crippen LogP contribution >= 0.6 is 15.9 Å². The first-order chi connectivity index (χ1) is 8.85. The highest BCUT2D eigenvalue weighted by atomic mass is 79.9. The molecule has 0 radical (unpaired) electrons. The van der Waals surface area contributed by atoms with E-state index in [1.165, 1.54) is 15.7 Å². The van der Waals surface area contributed by atoms with Crippen LogP contribution < -0.4 is 10.6 Å². The maximum atomic E-state index is 5.93. The van der Waals surface area contributed by atoms with E-state index in [0.29, 0.717) is 12.6 Å². The van der Waals surface area contributed by atoms with E-state index in [-0.39, 0.29) is 5.54 Å². The average Bonchev–Trinajstić information content (AvgIpc) is 2.35. The molecular weight excluding hydrogens is 302 g/mol. The molecule has 1 fully saturated rings. The van der Waals surface area contributed by atoms with Gasteiger partial charge >= 0.3 is 0 Å². The zero-order valence-electron chi connectivity index (χ0n) is 12.3. The zero-order valence-corrected chi connectivity index (χ0v) is 13.9. The first-order valence-corrected chi connectivity index (χ1v) is 7.58. The Morgan fingerprint density at radius 2 is 2.11 bits per heavy atom. The summed E-state index contributed by atoms with van der Waals surface area (Å²) < 4.78 is 1.17. The summed E-state index contributed by atoms with van der Waals surface area (Å²) >= 11 is 3.56. The molecule has 1 atom stereocenters. The lowest BCUT2D eigenvalue weighted by atomic mass is 9.95. The molecule has 19 heavy (non-hydrogen) atoms. The minimum Gasteiger partial charge on any atom is -0.368 e. The number of piperazine rings is 1. The Morgan fingerprint density at radius 3 is 2.68 bits per heavy atom. The molecule has 2 rings (SSSR count). The van der Waals surface area contributed by atoms with Gasteiger partial charge in [0.1, 0.15) is 0 Å². The highest BCUT2D eigenvalue weighted by molar-refractivity contribution is 9.10. The molecule has 0 amide bonds. The maximum Gasteiger partial charge on any atom is 0.0396 e. The summed E-state index contributed by atoms with van der Waals surface area (Å²) in [5.74, 6) is 0. The molecule has 1 unspecified atom stereocenters. The second-order valence-electron chi connectivity index (χ2n) is 6.13. The van der Waals surface area contributed by atoms with Gasteiger partial charge in [0.15, 0.2) is 0 Å². The van der Waals surface area contributed by atoms with Crippen molar-refractivity contribution in [3.63, 3.8) is 0 Å². The van der Waals surface area contributed by atoms with E-state index in [1.807, 2.05) is 0 Å². The first kappa shape index (κ1) is 14.8.